The third-order valence-electron chi connectivity index (χ3n) is 4.32. The number of nitrogens with one attached hydrogen (secondary N) is 2. The predicted octanol–water partition coefficient (Wildman–Crippen LogP) is 1.51. The molecule has 1 atom stereocenters. The highest BCUT2D eigenvalue weighted by molar-refractivity contribution is 5.92. The van der Waals surface area contributed by atoms with E-state index in [2.05, 4.69) is 15.3 Å². The number of hydrogen-bond acceptors (Lipinski definition) is 3. The molecule has 7 nitrogen and oxygen atoms in total. The second kappa shape index (κ2) is 7.83. The number of urea groups is 1. The number of amides is 3. The number of nitrogens with zero attached hydrogens (tertiary/aromatic N) is 3. The third kappa shape index (κ3) is 4.37. The summed E-state index contributed by atoms with van der Waals surface area (Å²) in [4.78, 5) is 35.2. The number of hydrogen-bond donors (Lipinski definition) is 2. The minimum Gasteiger partial charge on any atom is -0.357 e. The van der Waals surface area contributed by atoms with Gasteiger partial charge in [-0.25, -0.2) is 4.79 Å². The molecule has 7 heteroatoms. The highest BCUT2D eigenvalue weighted by atomic mass is 16.2. The Bertz CT molecular complexity index is 694. The lowest BCUT2D eigenvalue weighted by molar-refractivity contribution is 0.0658. The summed E-state index contributed by atoms with van der Waals surface area (Å²) in [6.45, 7) is 4.15. The van der Waals surface area contributed by atoms with Gasteiger partial charge in [-0.2, -0.15) is 0 Å². The molecule has 3 amide bonds. The first kappa shape index (κ1) is 17.0. The van der Waals surface area contributed by atoms with Crippen molar-refractivity contribution in [2.45, 2.75) is 19.4 Å². The van der Waals surface area contributed by atoms with Crippen LogP contribution in [-0.4, -0.2) is 63.9 Å². The van der Waals surface area contributed by atoms with Crippen molar-refractivity contribution in [2.24, 2.45) is 0 Å². The highest BCUT2D eigenvalue weighted by Gasteiger charge is 2.25. The summed E-state index contributed by atoms with van der Waals surface area (Å²) in [7, 11) is 0. The summed E-state index contributed by atoms with van der Waals surface area (Å²) in [6.07, 6.45) is 6.03. The van der Waals surface area contributed by atoms with Crippen molar-refractivity contribution in [2.75, 3.05) is 26.2 Å². The average Bonchev–Trinajstić information content (AvgIpc) is 3.16. The van der Waals surface area contributed by atoms with Gasteiger partial charge in [-0.15, -0.1) is 0 Å². The van der Waals surface area contributed by atoms with Crippen molar-refractivity contribution in [1.29, 1.82) is 0 Å². The second-order valence-electron chi connectivity index (χ2n) is 6.28. The van der Waals surface area contributed by atoms with Gasteiger partial charge < -0.3 is 20.1 Å². The van der Waals surface area contributed by atoms with Crippen molar-refractivity contribution >= 4 is 11.9 Å². The maximum Gasteiger partial charge on any atom is 0.317 e. The van der Waals surface area contributed by atoms with E-state index in [1.807, 2.05) is 25.3 Å². The Morgan fingerprint density at radius 2 is 1.96 bits per heavy atom. The van der Waals surface area contributed by atoms with E-state index >= 15 is 0 Å². The van der Waals surface area contributed by atoms with E-state index in [1.54, 1.807) is 34.3 Å². The first-order chi connectivity index (χ1) is 12.1. The van der Waals surface area contributed by atoms with E-state index in [4.69, 9.17) is 0 Å². The predicted molar refractivity (Wildman–Crippen MR) is 94.2 cm³/mol. The van der Waals surface area contributed by atoms with E-state index in [-0.39, 0.29) is 18.0 Å². The number of carbonyl (C=O) groups is 2. The Balaban J connectivity index is 1.46. The zero-order valence-electron chi connectivity index (χ0n) is 14.3. The fourth-order valence-corrected chi connectivity index (χ4v) is 2.97. The topological polar surface area (TPSA) is 81.3 Å². The van der Waals surface area contributed by atoms with E-state index in [9.17, 15) is 9.59 Å². The normalized spacial score (nSPS) is 15.7. The van der Waals surface area contributed by atoms with E-state index < -0.39 is 0 Å². The van der Waals surface area contributed by atoms with Gasteiger partial charge in [0.05, 0.1) is 0 Å². The van der Waals surface area contributed by atoms with Crippen LogP contribution in [0, 0.1) is 0 Å². The minimum atomic E-state index is -0.0802. The maximum absolute atomic E-state index is 12.4. The molecule has 3 heterocycles. The lowest BCUT2D eigenvalue weighted by atomic mass is 10.1. The van der Waals surface area contributed by atoms with Crippen molar-refractivity contribution in [1.82, 2.24) is 25.1 Å². The van der Waals surface area contributed by atoms with E-state index in [0.717, 1.165) is 12.0 Å². The van der Waals surface area contributed by atoms with Gasteiger partial charge in [-0.05, 0) is 37.1 Å². The third-order valence-corrected chi connectivity index (χ3v) is 4.32. The van der Waals surface area contributed by atoms with Gasteiger partial charge in [0.1, 0.15) is 5.69 Å². The van der Waals surface area contributed by atoms with E-state index in [1.165, 1.54) is 0 Å². The second-order valence-corrected chi connectivity index (χ2v) is 6.28. The lowest BCUT2D eigenvalue weighted by Crippen LogP contribution is -2.54. The van der Waals surface area contributed by atoms with Crippen molar-refractivity contribution in [3.05, 3.63) is 54.1 Å². The molecule has 0 radical (unpaired) electrons. The summed E-state index contributed by atoms with van der Waals surface area (Å²) in [6, 6.07) is 7.41. The molecule has 1 unspecified atom stereocenters. The summed E-state index contributed by atoms with van der Waals surface area (Å²) in [5, 5.41) is 3.02. The van der Waals surface area contributed by atoms with Crippen molar-refractivity contribution in [3.63, 3.8) is 0 Å². The SMILES string of the molecule is CC(Cc1cccnc1)NC(=O)N1CCN(C(=O)c2ccc[nH]2)CC1. The van der Waals surface area contributed by atoms with Crippen molar-refractivity contribution < 1.29 is 9.59 Å². The Morgan fingerprint density at radius 3 is 2.60 bits per heavy atom. The van der Waals surface area contributed by atoms with Gasteiger partial charge >= 0.3 is 6.03 Å². The Hall–Kier alpha value is -2.83. The van der Waals surface area contributed by atoms with Gasteiger partial charge in [-0.3, -0.25) is 9.78 Å². The molecule has 2 aromatic heterocycles. The smallest absolute Gasteiger partial charge is 0.317 e. The first-order valence-electron chi connectivity index (χ1n) is 8.50. The van der Waals surface area contributed by atoms with E-state index in [0.29, 0.717) is 31.9 Å². The quantitative estimate of drug-likeness (QED) is 0.884. The number of aromatic amines is 1. The number of piperazine rings is 1. The van der Waals surface area contributed by atoms with Crippen LogP contribution < -0.4 is 5.32 Å². The molecule has 0 aromatic carbocycles. The molecular formula is C18H23N5O2. The molecule has 2 N–H and O–H groups in total. The molecule has 3 rings (SSSR count). The molecule has 0 bridgehead atoms. The summed E-state index contributed by atoms with van der Waals surface area (Å²) in [5.41, 5.74) is 1.68. The lowest BCUT2D eigenvalue weighted by Gasteiger charge is -2.35. The first-order valence-corrected chi connectivity index (χ1v) is 8.50. The highest BCUT2D eigenvalue weighted by Crippen LogP contribution is 2.08. The Kier molecular flexibility index (Phi) is 5.33. The molecule has 0 saturated carbocycles. The summed E-state index contributed by atoms with van der Waals surface area (Å²) < 4.78 is 0. The zero-order valence-corrected chi connectivity index (χ0v) is 14.3. The van der Waals surface area contributed by atoms with Gasteiger partial charge in [0.25, 0.3) is 5.91 Å². The molecule has 0 aliphatic carbocycles. The van der Waals surface area contributed by atoms with Gasteiger partial charge in [0.2, 0.25) is 0 Å². The maximum atomic E-state index is 12.4. The number of pyridine rings is 1. The average molecular weight is 341 g/mol. The zero-order chi connectivity index (χ0) is 17.6. The fraction of sp³-hybridized carbons (Fsp3) is 0.389. The van der Waals surface area contributed by atoms with Crippen molar-refractivity contribution in [3.8, 4) is 0 Å². The summed E-state index contributed by atoms with van der Waals surface area (Å²) >= 11 is 0. The van der Waals surface area contributed by atoms with Crippen LogP contribution in [0.3, 0.4) is 0 Å². The van der Waals surface area contributed by atoms with Crippen LogP contribution in [0.25, 0.3) is 0 Å². The molecule has 0 spiro atoms. The standard InChI is InChI=1S/C18H23N5O2/c1-14(12-15-4-2-6-19-13-15)21-18(25)23-10-8-22(9-11-23)17(24)16-5-3-7-20-16/h2-7,13-14,20H,8-12H2,1H3,(H,21,25). The van der Waals surface area contributed by atoms with Crippen LogP contribution in [0.4, 0.5) is 4.79 Å². The van der Waals surface area contributed by atoms with Crippen LogP contribution in [0.15, 0.2) is 42.9 Å². The molecular weight excluding hydrogens is 318 g/mol. The molecule has 132 valence electrons. The van der Waals surface area contributed by atoms with Gasteiger partial charge in [-0.1, -0.05) is 6.07 Å². The van der Waals surface area contributed by atoms with Crippen LogP contribution in [0.5, 0.6) is 0 Å². The Labute approximate surface area is 147 Å². The monoisotopic (exact) mass is 341 g/mol. The molecule has 1 aliphatic heterocycles. The number of aromatic nitrogens is 2. The molecule has 2 aromatic rings. The molecule has 1 aliphatic rings. The minimum absolute atomic E-state index is 0.0185. The van der Waals surface area contributed by atoms with Gasteiger partial charge in [0, 0.05) is 50.8 Å². The summed E-state index contributed by atoms with van der Waals surface area (Å²) in [5.74, 6) is -0.0185. The number of H-pyrrole nitrogens is 1. The van der Waals surface area contributed by atoms with Crippen LogP contribution >= 0.6 is 0 Å². The number of carbonyl (C=O) groups excluding carboxylic acids is 2. The molecule has 1 saturated heterocycles. The Morgan fingerprint density at radius 1 is 1.20 bits per heavy atom. The molecule has 25 heavy (non-hydrogen) atoms. The van der Waals surface area contributed by atoms with Crippen LogP contribution in [0.2, 0.25) is 0 Å². The largest absolute Gasteiger partial charge is 0.357 e. The van der Waals surface area contributed by atoms with Crippen LogP contribution in [-0.2, 0) is 6.42 Å². The van der Waals surface area contributed by atoms with Gasteiger partial charge in [0.15, 0.2) is 0 Å². The van der Waals surface area contributed by atoms with Crippen LogP contribution in [0.1, 0.15) is 23.0 Å². The fourth-order valence-electron chi connectivity index (χ4n) is 2.97. The number of rotatable bonds is 4. The molecule has 1 fully saturated rings.